The number of hydrogen-bond acceptors (Lipinski definition) is 3. The van der Waals surface area contributed by atoms with Crippen molar-refractivity contribution < 1.29 is 4.74 Å². The third-order valence-electron chi connectivity index (χ3n) is 4.70. The summed E-state index contributed by atoms with van der Waals surface area (Å²) in [7, 11) is 3.54. The van der Waals surface area contributed by atoms with Gasteiger partial charge in [-0.1, -0.05) is 32.4 Å². The summed E-state index contributed by atoms with van der Waals surface area (Å²) in [6, 6.07) is 8.83. The van der Waals surface area contributed by atoms with Crippen LogP contribution in [0.3, 0.4) is 0 Å². The van der Waals surface area contributed by atoms with Crippen LogP contribution in [0.5, 0.6) is 5.75 Å². The lowest BCUT2D eigenvalue weighted by molar-refractivity contribution is 0.164. The molecule has 1 fully saturated rings. The van der Waals surface area contributed by atoms with Crippen LogP contribution in [0.15, 0.2) is 29.3 Å². The Morgan fingerprint density at radius 1 is 1.08 bits per heavy atom. The van der Waals surface area contributed by atoms with E-state index in [4.69, 9.17) is 4.74 Å². The summed E-state index contributed by atoms with van der Waals surface area (Å²) in [5.41, 5.74) is 1.33. The number of nitrogens with one attached hydrogen (secondary N) is 2. The van der Waals surface area contributed by atoms with Crippen molar-refractivity contribution in [3.8, 4) is 5.75 Å². The van der Waals surface area contributed by atoms with Crippen LogP contribution in [0.1, 0.15) is 44.7 Å². The summed E-state index contributed by atoms with van der Waals surface area (Å²) >= 11 is 0. The largest absolute Gasteiger partial charge is 0.497 e. The van der Waals surface area contributed by atoms with Gasteiger partial charge in [-0.05, 0) is 49.5 Å². The molecule has 0 radical (unpaired) electrons. The highest BCUT2D eigenvalue weighted by Crippen LogP contribution is 2.25. The smallest absolute Gasteiger partial charge is 0.191 e. The molecule has 1 unspecified atom stereocenters. The number of likely N-dealkylation sites (tertiary alicyclic amines) is 1. The van der Waals surface area contributed by atoms with E-state index in [1.165, 1.54) is 24.8 Å². The minimum atomic E-state index is 0. The molecule has 0 bridgehead atoms. The summed E-state index contributed by atoms with van der Waals surface area (Å²) in [5.74, 6) is 2.38. The molecule has 1 atom stereocenters. The maximum Gasteiger partial charge on any atom is 0.191 e. The van der Waals surface area contributed by atoms with Gasteiger partial charge in [0.2, 0.25) is 0 Å². The number of halogens is 1. The van der Waals surface area contributed by atoms with Crippen molar-refractivity contribution in [2.45, 2.75) is 39.2 Å². The highest BCUT2D eigenvalue weighted by Gasteiger charge is 2.22. The summed E-state index contributed by atoms with van der Waals surface area (Å²) in [5, 5.41) is 6.91. The molecule has 148 valence electrons. The summed E-state index contributed by atoms with van der Waals surface area (Å²) < 4.78 is 5.31. The highest BCUT2D eigenvalue weighted by atomic mass is 127. The Morgan fingerprint density at radius 3 is 2.23 bits per heavy atom. The molecule has 0 saturated carbocycles. The van der Waals surface area contributed by atoms with Gasteiger partial charge in [0, 0.05) is 20.1 Å². The fraction of sp³-hybridized carbons (Fsp3) is 0.650. The molecular formula is C20H35IN4O. The Morgan fingerprint density at radius 2 is 1.69 bits per heavy atom. The minimum Gasteiger partial charge on any atom is -0.497 e. The molecule has 1 heterocycles. The van der Waals surface area contributed by atoms with E-state index < -0.39 is 0 Å². The van der Waals surface area contributed by atoms with Crippen molar-refractivity contribution in [1.82, 2.24) is 15.5 Å². The van der Waals surface area contributed by atoms with E-state index >= 15 is 0 Å². The average Bonchev–Trinajstić information content (AvgIpc) is 2.65. The molecule has 1 aliphatic heterocycles. The molecule has 0 aromatic heterocycles. The van der Waals surface area contributed by atoms with Gasteiger partial charge in [-0.15, -0.1) is 24.0 Å². The molecule has 1 aromatic carbocycles. The van der Waals surface area contributed by atoms with Crippen molar-refractivity contribution in [3.05, 3.63) is 29.8 Å². The van der Waals surface area contributed by atoms with Crippen molar-refractivity contribution >= 4 is 29.9 Å². The predicted octanol–water partition coefficient (Wildman–Crippen LogP) is 3.66. The number of nitrogens with zero attached hydrogens (tertiary/aromatic N) is 2. The van der Waals surface area contributed by atoms with Crippen LogP contribution in [-0.4, -0.2) is 51.2 Å². The molecule has 2 N–H and O–H groups in total. The first-order valence-corrected chi connectivity index (χ1v) is 9.46. The number of aliphatic imine (C=N–C) groups is 1. The Balaban J connectivity index is 0.00000338. The first kappa shape index (κ1) is 23.0. The first-order valence-electron chi connectivity index (χ1n) is 9.46. The normalized spacial score (nSPS) is 16.7. The van der Waals surface area contributed by atoms with E-state index in [1.54, 1.807) is 7.11 Å². The molecule has 6 heteroatoms. The third-order valence-corrected chi connectivity index (χ3v) is 4.70. The van der Waals surface area contributed by atoms with Gasteiger partial charge in [-0.2, -0.15) is 0 Å². The SMILES string of the molecule is CN=C(NCC(C)C)NCC(c1ccc(OC)cc1)N1CCCCC1.I. The van der Waals surface area contributed by atoms with Crippen LogP contribution >= 0.6 is 24.0 Å². The first-order chi connectivity index (χ1) is 12.1. The third kappa shape index (κ3) is 7.31. The van der Waals surface area contributed by atoms with Gasteiger partial charge in [0.05, 0.1) is 13.2 Å². The van der Waals surface area contributed by atoms with E-state index in [9.17, 15) is 0 Å². The Bertz CT molecular complexity index is 527. The van der Waals surface area contributed by atoms with Crippen LogP contribution in [0.4, 0.5) is 0 Å². The molecule has 26 heavy (non-hydrogen) atoms. The Hall–Kier alpha value is -1.02. The van der Waals surface area contributed by atoms with Gasteiger partial charge in [-0.25, -0.2) is 0 Å². The van der Waals surface area contributed by atoms with Crippen LogP contribution in [0.2, 0.25) is 0 Å². The van der Waals surface area contributed by atoms with Crippen LogP contribution in [0, 0.1) is 5.92 Å². The summed E-state index contributed by atoms with van der Waals surface area (Å²) in [4.78, 5) is 6.95. The standard InChI is InChI=1S/C20H34N4O.HI/c1-16(2)14-22-20(21-3)23-15-19(24-12-6-5-7-13-24)17-8-10-18(25-4)11-9-17;/h8-11,16,19H,5-7,12-15H2,1-4H3,(H2,21,22,23);1H. The maximum absolute atomic E-state index is 5.31. The van der Waals surface area contributed by atoms with Crippen molar-refractivity contribution in [2.75, 3.05) is 40.3 Å². The fourth-order valence-electron chi connectivity index (χ4n) is 3.23. The molecule has 1 aliphatic rings. The van der Waals surface area contributed by atoms with Gasteiger partial charge >= 0.3 is 0 Å². The number of ether oxygens (including phenoxy) is 1. The van der Waals surface area contributed by atoms with Crippen LogP contribution in [0.25, 0.3) is 0 Å². The molecular weight excluding hydrogens is 439 g/mol. The van der Waals surface area contributed by atoms with E-state index in [0.717, 1.165) is 37.9 Å². The zero-order valence-corrected chi connectivity index (χ0v) is 19.0. The topological polar surface area (TPSA) is 48.9 Å². The number of benzene rings is 1. The van der Waals surface area contributed by atoms with E-state index in [-0.39, 0.29) is 24.0 Å². The molecule has 5 nitrogen and oxygen atoms in total. The second-order valence-corrected chi connectivity index (χ2v) is 7.11. The van der Waals surface area contributed by atoms with E-state index in [0.29, 0.717) is 12.0 Å². The highest BCUT2D eigenvalue weighted by molar-refractivity contribution is 14.0. The minimum absolute atomic E-state index is 0. The molecule has 0 aliphatic carbocycles. The lowest BCUT2D eigenvalue weighted by Crippen LogP contribution is -2.45. The quantitative estimate of drug-likeness (QED) is 0.360. The number of rotatable bonds is 7. The molecule has 0 spiro atoms. The predicted molar refractivity (Wildman–Crippen MR) is 121 cm³/mol. The number of guanidine groups is 1. The zero-order valence-electron chi connectivity index (χ0n) is 16.6. The van der Waals surface area contributed by atoms with Crippen molar-refractivity contribution in [3.63, 3.8) is 0 Å². The summed E-state index contributed by atoms with van der Waals surface area (Å²) in [6.07, 6.45) is 3.91. The van der Waals surface area contributed by atoms with E-state index in [1.807, 2.05) is 7.05 Å². The van der Waals surface area contributed by atoms with Gasteiger partial charge in [0.25, 0.3) is 0 Å². The second kappa shape index (κ2) is 12.4. The van der Waals surface area contributed by atoms with Crippen molar-refractivity contribution in [1.29, 1.82) is 0 Å². The van der Waals surface area contributed by atoms with Gasteiger partial charge in [0.15, 0.2) is 5.96 Å². The fourth-order valence-corrected chi connectivity index (χ4v) is 3.23. The van der Waals surface area contributed by atoms with Gasteiger partial charge in [-0.3, -0.25) is 9.89 Å². The van der Waals surface area contributed by atoms with Gasteiger partial charge in [0.1, 0.15) is 5.75 Å². The average molecular weight is 474 g/mol. The maximum atomic E-state index is 5.31. The second-order valence-electron chi connectivity index (χ2n) is 7.11. The van der Waals surface area contributed by atoms with Gasteiger partial charge < -0.3 is 15.4 Å². The number of piperidine rings is 1. The molecule has 2 rings (SSSR count). The molecule has 0 amide bonds. The number of hydrogen-bond donors (Lipinski definition) is 2. The lowest BCUT2D eigenvalue weighted by Gasteiger charge is -2.35. The number of methoxy groups -OCH3 is 1. The zero-order chi connectivity index (χ0) is 18.1. The van der Waals surface area contributed by atoms with Crippen molar-refractivity contribution in [2.24, 2.45) is 10.9 Å². The monoisotopic (exact) mass is 474 g/mol. The Labute approximate surface area is 176 Å². The summed E-state index contributed by atoms with van der Waals surface area (Å²) in [6.45, 7) is 8.51. The van der Waals surface area contributed by atoms with Crippen LogP contribution < -0.4 is 15.4 Å². The van der Waals surface area contributed by atoms with Crippen LogP contribution in [-0.2, 0) is 0 Å². The molecule has 1 saturated heterocycles. The Kier molecular flexibility index (Phi) is 11.0. The molecule has 1 aromatic rings. The lowest BCUT2D eigenvalue weighted by atomic mass is 10.0. The van der Waals surface area contributed by atoms with E-state index in [2.05, 4.69) is 58.6 Å².